The van der Waals surface area contributed by atoms with Crippen LogP contribution in [0.4, 0.5) is 10.1 Å². The molecular formula is C14H14Cl2FNO3. The number of furan rings is 1. The normalized spacial score (nSPS) is 12.4. The third-order valence-corrected chi connectivity index (χ3v) is 3.21. The number of aliphatic hydroxyl groups is 1. The molecule has 0 saturated carbocycles. The van der Waals surface area contributed by atoms with Crippen molar-refractivity contribution in [3.8, 4) is 0 Å². The lowest BCUT2D eigenvalue weighted by atomic mass is 10.3. The van der Waals surface area contributed by atoms with Crippen LogP contribution in [-0.2, 0) is 11.3 Å². The zero-order chi connectivity index (χ0) is 15.2. The minimum absolute atomic E-state index is 0.0754. The van der Waals surface area contributed by atoms with Gasteiger partial charge in [0.1, 0.15) is 12.4 Å². The standard InChI is InChI=1S/C14H14Cl2FNO3/c15-12-4-9(5-13(16)14(12)17)18-6-10(19)7-20-8-11-2-1-3-21-11/h1-5,10,18-19H,6-8H2. The molecule has 114 valence electrons. The van der Waals surface area contributed by atoms with Gasteiger partial charge in [0.05, 0.1) is 29.0 Å². The van der Waals surface area contributed by atoms with Crippen LogP contribution in [0.2, 0.25) is 10.0 Å². The van der Waals surface area contributed by atoms with Crippen molar-refractivity contribution in [1.82, 2.24) is 0 Å². The summed E-state index contributed by atoms with van der Waals surface area (Å²) in [6.07, 6.45) is 0.821. The molecule has 1 heterocycles. The molecule has 1 aromatic heterocycles. The van der Waals surface area contributed by atoms with Crippen molar-refractivity contribution in [3.63, 3.8) is 0 Å². The molecule has 0 aliphatic heterocycles. The van der Waals surface area contributed by atoms with Crippen molar-refractivity contribution in [1.29, 1.82) is 0 Å². The van der Waals surface area contributed by atoms with E-state index in [1.54, 1.807) is 18.4 Å². The SMILES string of the molecule is OC(CNc1cc(Cl)c(F)c(Cl)c1)COCc1ccco1. The molecule has 1 atom stereocenters. The summed E-state index contributed by atoms with van der Waals surface area (Å²) in [5.74, 6) is 0.0264. The first kappa shape index (κ1) is 16.1. The maximum atomic E-state index is 13.2. The zero-order valence-corrected chi connectivity index (χ0v) is 12.5. The predicted molar refractivity (Wildman–Crippen MR) is 79.3 cm³/mol. The monoisotopic (exact) mass is 333 g/mol. The summed E-state index contributed by atoms with van der Waals surface area (Å²) in [6.45, 7) is 0.644. The van der Waals surface area contributed by atoms with E-state index in [1.165, 1.54) is 12.1 Å². The summed E-state index contributed by atoms with van der Waals surface area (Å²) in [4.78, 5) is 0. The lowest BCUT2D eigenvalue weighted by Gasteiger charge is -2.13. The minimum Gasteiger partial charge on any atom is -0.467 e. The van der Waals surface area contributed by atoms with Gasteiger partial charge in [-0.2, -0.15) is 0 Å². The summed E-state index contributed by atoms with van der Waals surface area (Å²) in [7, 11) is 0. The Kier molecular flexibility index (Phi) is 5.87. The Labute approximate surface area is 131 Å². The van der Waals surface area contributed by atoms with Crippen LogP contribution in [0.1, 0.15) is 5.76 Å². The van der Waals surface area contributed by atoms with Crippen molar-refractivity contribution in [2.75, 3.05) is 18.5 Å². The van der Waals surface area contributed by atoms with Gasteiger partial charge in [-0.1, -0.05) is 23.2 Å². The van der Waals surface area contributed by atoms with E-state index in [0.717, 1.165) is 0 Å². The molecule has 0 spiro atoms. The van der Waals surface area contributed by atoms with Gasteiger partial charge in [-0.15, -0.1) is 0 Å². The largest absolute Gasteiger partial charge is 0.467 e. The molecule has 21 heavy (non-hydrogen) atoms. The molecular weight excluding hydrogens is 320 g/mol. The summed E-state index contributed by atoms with van der Waals surface area (Å²) in [5.41, 5.74) is 0.525. The molecule has 1 unspecified atom stereocenters. The van der Waals surface area contributed by atoms with Crippen LogP contribution in [0, 0.1) is 5.82 Å². The molecule has 0 aliphatic rings. The Balaban J connectivity index is 1.74. The molecule has 0 aliphatic carbocycles. The summed E-state index contributed by atoms with van der Waals surface area (Å²) in [6, 6.07) is 6.35. The Hall–Kier alpha value is -1.27. The first-order chi connectivity index (χ1) is 10.1. The topological polar surface area (TPSA) is 54.6 Å². The average molecular weight is 334 g/mol. The van der Waals surface area contributed by atoms with E-state index in [-0.39, 0.29) is 29.8 Å². The van der Waals surface area contributed by atoms with Gasteiger partial charge >= 0.3 is 0 Å². The van der Waals surface area contributed by atoms with Gasteiger partial charge in [-0.05, 0) is 24.3 Å². The number of nitrogens with one attached hydrogen (secondary N) is 1. The number of benzene rings is 1. The third-order valence-electron chi connectivity index (χ3n) is 2.66. The van der Waals surface area contributed by atoms with E-state index in [0.29, 0.717) is 11.4 Å². The second kappa shape index (κ2) is 7.66. The second-order valence-corrected chi connectivity index (χ2v) is 5.20. The van der Waals surface area contributed by atoms with E-state index in [4.69, 9.17) is 32.4 Å². The molecule has 2 N–H and O–H groups in total. The van der Waals surface area contributed by atoms with E-state index < -0.39 is 11.9 Å². The van der Waals surface area contributed by atoms with E-state index >= 15 is 0 Å². The maximum Gasteiger partial charge on any atom is 0.160 e. The van der Waals surface area contributed by atoms with Gasteiger partial charge in [0, 0.05) is 12.2 Å². The van der Waals surface area contributed by atoms with Gasteiger partial charge < -0.3 is 19.6 Å². The van der Waals surface area contributed by atoms with Gasteiger partial charge in [0.15, 0.2) is 5.82 Å². The molecule has 7 heteroatoms. The number of halogens is 3. The lowest BCUT2D eigenvalue weighted by molar-refractivity contribution is 0.0282. The molecule has 0 bridgehead atoms. The number of hydrogen-bond donors (Lipinski definition) is 2. The number of hydrogen-bond acceptors (Lipinski definition) is 4. The highest BCUT2D eigenvalue weighted by atomic mass is 35.5. The van der Waals surface area contributed by atoms with Crippen LogP contribution in [0.15, 0.2) is 34.9 Å². The molecule has 1 aromatic carbocycles. The zero-order valence-electron chi connectivity index (χ0n) is 11.0. The van der Waals surface area contributed by atoms with E-state index in [2.05, 4.69) is 5.32 Å². The van der Waals surface area contributed by atoms with Crippen LogP contribution >= 0.6 is 23.2 Å². The molecule has 2 rings (SSSR count). The Morgan fingerprint density at radius 3 is 2.67 bits per heavy atom. The molecule has 0 saturated heterocycles. The maximum absolute atomic E-state index is 13.2. The van der Waals surface area contributed by atoms with Crippen molar-refractivity contribution in [3.05, 3.63) is 52.2 Å². The fraction of sp³-hybridized carbons (Fsp3) is 0.286. The Morgan fingerprint density at radius 2 is 2.05 bits per heavy atom. The highest BCUT2D eigenvalue weighted by molar-refractivity contribution is 6.35. The molecule has 0 fully saturated rings. The fourth-order valence-corrected chi connectivity index (χ4v) is 2.13. The minimum atomic E-state index is -0.734. The van der Waals surface area contributed by atoms with Gasteiger partial charge in [0.25, 0.3) is 0 Å². The number of anilines is 1. The van der Waals surface area contributed by atoms with Crippen LogP contribution in [0.5, 0.6) is 0 Å². The van der Waals surface area contributed by atoms with Crippen LogP contribution in [0.25, 0.3) is 0 Å². The first-order valence-electron chi connectivity index (χ1n) is 6.23. The Morgan fingerprint density at radius 1 is 1.33 bits per heavy atom. The van der Waals surface area contributed by atoms with Gasteiger partial charge in [-0.3, -0.25) is 0 Å². The Bertz CT molecular complexity index is 555. The van der Waals surface area contributed by atoms with E-state index in [9.17, 15) is 9.50 Å². The van der Waals surface area contributed by atoms with Crippen molar-refractivity contribution >= 4 is 28.9 Å². The van der Waals surface area contributed by atoms with Crippen molar-refractivity contribution in [2.24, 2.45) is 0 Å². The first-order valence-corrected chi connectivity index (χ1v) is 6.98. The number of ether oxygens (including phenoxy) is 1. The molecule has 0 amide bonds. The van der Waals surface area contributed by atoms with Gasteiger partial charge in [0.2, 0.25) is 0 Å². The smallest absolute Gasteiger partial charge is 0.160 e. The highest BCUT2D eigenvalue weighted by Crippen LogP contribution is 2.27. The third kappa shape index (κ3) is 4.89. The van der Waals surface area contributed by atoms with Crippen LogP contribution < -0.4 is 5.32 Å². The second-order valence-electron chi connectivity index (χ2n) is 4.38. The summed E-state index contributed by atoms with van der Waals surface area (Å²) >= 11 is 11.4. The van der Waals surface area contributed by atoms with Crippen molar-refractivity contribution < 1.29 is 18.7 Å². The quantitative estimate of drug-likeness (QED) is 0.758. The molecule has 4 nitrogen and oxygen atoms in total. The summed E-state index contributed by atoms with van der Waals surface area (Å²) < 4.78 is 23.6. The fourth-order valence-electron chi connectivity index (χ4n) is 1.64. The lowest BCUT2D eigenvalue weighted by Crippen LogP contribution is -2.24. The van der Waals surface area contributed by atoms with Crippen molar-refractivity contribution in [2.45, 2.75) is 12.7 Å². The van der Waals surface area contributed by atoms with Crippen LogP contribution in [0.3, 0.4) is 0 Å². The number of aliphatic hydroxyl groups excluding tert-OH is 1. The predicted octanol–water partition coefficient (Wildman–Crippen LogP) is 3.72. The average Bonchev–Trinajstić information content (AvgIpc) is 2.95. The van der Waals surface area contributed by atoms with Crippen LogP contribution in [-0.4, -0.2) is 24.4 Å². The number of rotatable bonds is 7. The molecule has 2 aromatic rings. The molecule has 0 radical (unpaired) electrons. The summed E-state index contributed by atoms with van der Waals surface area (Å²) in [5, 5.41) is 12.5. The highest BCUT2D eigenvalue weighted by Gasteiger charge is 2.09. The van der Waals surface area contributed by atoms with Gasteiger partial charge in [-0.25, -0.2) is 4.39 Å². The van der Waals surface area contributed by atoms with E-state index in [1.807, 2.05) is 0 Å².